The molecule has 3 aliphatic rings. The Bertz CT molecular complexity index is 833. The maximum absolute atomic E-state index is 13.2. The minimum atomic E-state index is 0.127. The van der Waals surface area contributed by atoms with Gasteiger partial charge in [0, 0.05) is 37.9 Å². The SMILES string of the molecule is CC(C)c1n[nH]c([C@H]2CN(C(=O)c3cnc4n3CCC4)C[C@@H]2C2CC2)n1. The van der Waals surface area contributed by atoms with E-state index >= 15 is 0 Å². The number of likely N-dealkylation sites (tertiary alicyclic amines) is 1. The van der Waals surface area contributed by atoms with Gasteiger partial charge in [-0.3, -0.25) is 9.89 Å². The zero-order valence-electron chi connectivity index (χ0n) is 15.5. The van der Waals surface area contributed by atoms with Crippen LogP contribution in [-0.2, 0) is 13.0 Å². The topological polar surface area (TPSA) is 79.7 Å². The molecule has 2 aliphatic heterocycles. The summed E-state index contributed by atoms with van der Waals surface area (Å²) in [7, 11) is 0. The van der Waals surface area contributed by atoms with Gasteiger partial charge >= 0.3 is 0 Å². The van der Waals surface area contributed by atoms with E-state index < -0.39 is 0 Å². The molecule has 138 valence electrons. The van der Waals surface area contributed by atoms with Gasteiger partial charge in [-0.1, -0.05) is 13.8 Å². The molecule has 5 rings (SSSR count). The molecule has 1 saturated heterocycles. The van der Waals surface area contributed by atoms with E-state index in [4.69, 9.17) is 4.98 Å². The molecule has 0 bridgehead atoms. The molecule has 4 heterocycles. The number of rotatable bonds is 4. The first kappa shape index (κ1) is 16.0. The van der Waals surface area contributed by atoms with Crippen molar-refractivity contribution in [3.63, 3.8) is 0 Å². The van der Waals surface area contributed by atoms with Crippen LogP contribution in [0, 0.1) is 11.8 Å². The van der Waals surface area contributed by atoms with Crippen molar-refractivity contribution in [2.75, 3.05) is 13.1 Å². The summed E-state index contributed by atoms with van der Waals surface area (Å²) < 4.78 is 2.10. The number of hydrogen-bond donors (Lipinski definition) is 1. The molecular weight excluding hydrogens is 328 g/mol. The third-order valence-electron chi connectivity index (χ3n) is 6.21. The van der Waals surface area contributed by atoms with Crippen molar-refractivity contribution in [3.8, 4) is 0 Å². The smallest absolute Gasteiger partial charge is 0.272 e. The number of H-pyrrole nitrogens is 1. The van der Waals surface area contributed by atoms with E-state index in [-0.39, 0.29) is 11.8 Å². The molecule has 0 spiro atoms. The lowest BCUT2D eigenvalue weighted by molar-refractivity contribution is 0.0774. The zero-order chi connectivity index (χ0) is 17.8. The van der Waals surface area contributed by atoms with Crippen LogP contribution >= 0.6 is 0 Å². The van der Waals surface area contributed by atoms with Gasteiger partial charge in [0.05, 0.1) is 6.20 Å². The Morgan fingerprint density at radius 3 is 2.88 bits per heavy atom. The van der Waals surface area contributed by atoms with Crippen molar-refractivity contribution >= 4 is 5.91 Å². The van der Waals surface area contributed by atoms with Crippen LogP contribution in [0.3, 0.4) is 0 Å². The molecular formula is C19H26N6O. The highest BCUT2D eigenvalue weighted by Gasteiger charge is 2.46. The summed E-state index contributed by atoms with van der Waals surface area (Å²) in [5.74, 6) is 4.81. The van der Waals surface area contributed by atoms with Crippen molar-refractivity contribution in [1.29, 1.82) is 0 Å². The molecule has 0 unspecified atom stereocenters. The summed E-state index contributed by atoms with van der Waals surface area (Å²) in [4.78, 5) is 24.4. The fourth-order valence-electron chi connectivity index (χ4n) is 4.59. The number of aromatic amines is 1. The Balaban J connectivity index is 1.40. The molecule has 1 aliphatic carbocycles. The van der Waals surface area contributed by atoms with Crippen molar-refractivity contribution < 1.29 is 4.79 Å². The number of carbonyl (C=O) groups excluding carboxylic acids is 1. The monoisotopic (exact) mass is 354 g/mol. The Labute approximate surface area is 153 Å². The first-order valence-corrected chi connectivity index (χ1v) is 9.87. The second-order valence-corrected chi connectivity index (χ2v) is 8.37. The van der Waals surface area contributed by atoms with E-state index in [2.05, 4.69) is 33.6 Å². The van der Waals surface area contributed by atoms with Crippen LogP contribution in [-0.4, -0.2) is 48.6 Å². The van der Waals surface area contributed by atoms with Crippen molar-refractivity contribution in [2.45, 2.75) is 57.9 Å². The van der Waals surface area contributed by atoms with Gasteiger partial charge in [0.1, 0.15) is 17.3 Å². The molecule has 1 saturated carbocycles. The normalized spacial score (nSPS) is 25.3. The third kappa shape index (κ3) is 2.56. The standard InChI is InChI=1S/C19H26N6O/c1-11(2)17-21-18(23-22-17)14-10-24(9-13(14)12-5-6-12)19(26)15-8-20-16-4-3-7-25(15)16/h8,11-14H,3-7,9-10H2,1-2H3,(H,21,22,23)/t13-,14+/m1/s1. The fraction of sp³-hybridized carbons (Fsp3) is 0.684. The average Bonchev–Trinajstić information content (AvgIpc) is 3.07. The maximum atomic E-state index is 13.2. The van der Waals surface area contributed by atoms with Crippen LogP contribution in [0.5, 0.6) is 0 Å². The van der Waals surface area contributed by atoms with E-state index in [1.165, 1.54) is 12.8 Å². The van der Waals surface area contributed by atoms with Gasteiger partial charge in [-0.25, -0.2) is 9.97 Å². The van der Waals surface area contributed by atoms with E-state index in [1.54, 1.807) is 6.20 Å². The first-order chi connectivity index (χ1) is 12.6. The second-order valence-electron chi connectivity index (χ2n) is 8.37. The van der Waals surface area contributed by atoms with Crippen LogP contribution in [0.15, 0.2) is 6.20 Å². The van der Waals surface area contributed by atoms with E-state index in [0.29, 0.717) is 11.8 Å². The van der Waals surface area contributed by atoms with E-state index in [0.717, 1.165) is 61.6 Å². The minimum absolute atomic E-state index is 0.127. The van der Waals surface area contributed by atoms with Crippen LogP contribution in [0.25, 0.3) is 0 Å². The molecule has 7 heteroatoms. The fourth-order valence-corrected chi connectivity index (χ4v) is 4.59. The number of fused-ring (bicyclic) bond motifs is 1. The number of nitrogens with zero attached hydrogens (tertiary/aromatic N) is 5. The maximum Gasteiger partial charge on any atom is 0.272 e. The summed E-state index contributed by atoms with van der Waals surface area (Å²) in [5, 5.41) is 7.55. The lowest BCUT2D eigenvalue weighted by Crippen LogP contribution is -2.30. The minimum Gasteiger partial charge on any atom is -0.336 e. The van der Waals surface area contributed by atoms with Gasteiger partial charge in [0.2, 0.25) is 0 Å². The Morgan fingerprint density at radius 1 is 1.31 bits per heavy atom. The van der Waals surface area contributed by atoms with Crippen LogP contribution in [0.4, 0.5) is 0 Å². The van der Waals surface area contributed by atoms with Crippen molar-refractivity contribution in [1.82, 2.24) is 29.6 Å². The average molecular weight is 354 g/mol. The van der Waals surface area contributed by atoms with Gasteiger partial charge in [-0.05, 0) is 31.1 Å². The predicted molar refractivity (Wildman–Crippen MR) is 95.9 cm³/mol. The third-order valence-corrected chi connectivity index (χ3v) is 6.21. The Hall–Kier alpha value is -2.18. The number of nitrogens with one attached hydrogen (secondary N) is 1. The summed E-state index contributed by atoms with van der Waals surface area (Å²) in [6.07, 6.45) is 6.39. The van der Waals surface area contributed by atoms with Crippen LogP contribution < -0.4 is 0 Å². The van der Waals surface area contributed by atoms with Gasteiger partial charge < -0.3 is 9.47 Å². The summed E-state index contributed by atoms with van der Waals surface area (Å²) in [6.45, 7) is 6.69. The first-order valence-electron chi connectivity index (χ1n) is 9.87. The van der Waals surface area contributed by atoms with Gasteiger partial charge in [-0.15, -0.1) is 0 Å². The van der Waals surface area contributed by atoms with Crippen LogP contribution in [0.2, 0.25) is 0 Å². The number of carbonyl (C=O) groups is 1. The second kappa shape index (κ2) is 5.93. The zero-order valence-corrected chi connectivity index (χ0v) is 15.5. The Morgan fingerprint density at radius 2 is 2.15 bits per heavy atom. The Kier molecular flexibility index (Phi) is 3.65. The molecule has 2 aromatic rings. The predicted octanol–water partition coefficient (Wildman–Crippen LogP) is 2.34. The molecule has 1 amide bonds. The highest BCUT2D eigenvalue weighted by Crippen LogP contribution is 2.47. The molecule has 2 fully saturated rings. The van der Waals surface area contributed by atoms with Crippen molar-refractivity contribution in [2.24, 2.45) is 11.8 Å². The summed E-state index contributed by atoms with van der Waals surface area (Å²) in [5.41, 5.74) is 0.758. The van der Waals surface area contributed by atoms with Gasteiger partial charge in [0.25, 0.3) is 5.91 Å². The van der Waals surface area contributed by atoms with E-state index in [1.807, 2.05) is 4.90 Å². The number of aromatic nitrogens is 5. The molecule has 26 heavy (non-hydrogen) atoms. The molecule has 7 nitrogen and oxygen atoms in total. The molecule has 1 N–H and O–H groups in total. The lowest BCUT2D eigenvalue weighted by atomic mass is 9.91. The number of hydrogen-bond acceptors (Lipinski definition) is 4. The number of imidazole rings is 1. The quantitative estimate of drug-likeness (QED) is 0.914. The summed E-state index contributed by atoms with van der Waals surface area (Å²) >= 11 is 0. The largest absolute Gasteiger partial charge is 0.336 e. The van der Waals surface area contributed by atoms with Gasteiger partial charge in [-0.2, -0.15) is 5.10 Å². The molecule has 2 atom stereocenters. The molecule has 0 aromatic carbocycles. The summed E-state index contributed by atoms with van der Waals surface area (Å²) in [6, 6.07) is 0. The van der Waals surface area contributed by atoms with E-state index in [9.17, 15) is 4.79 Å². The van der Waals surface area contributed by atoms with Crippen LogP contribution in [0.1, 0.15) is 72.9 Å². The molecule has 2 aromatic heterocycles. The number of aryl methyl sites for hydroxylation is 1. The lowest BCUT2D eigenvalue weighted by Gasteiger charge is -2.16. The highest BCUT2D eigenvalue weighted by atomic mass is 16.2. The van der Waals surface area contributed by atoms with Crippen molar-refractivity contribution in [3.05, 3.63) is 29.4 Å². The highest BCUT2D eigenvalue weighted by molar-refractivity contribution is 5.93. The molecule has 0 radical (unpaired) electrons. The van der Waals surface area contributed by atoms with Gasteiger partial charge in [0.15, 0.2) is 5.82 Å². The number of amides is 1.